The molecule has 0 saturated heterocycles. The van der Waals surface area contributed by atoms with Crippen LogP contribution in [-0.4, -0.2) is 34.0 Å². The minimum Gasteiger partial charge on any atom is -0.494 e. The van der Waals surface area contributed by atoms with Crippen molar-refractivity contribution in [3.05, 3.63) is 64.7 Å². The number of fused-ring (bicyclic) bond motifs is 1. The zero-order valence-corrected chi connectivity index (χ0v) is 20.5. The number of aromatic nitrogens is 2. The first-order chi connectivity index (χ1) is 16.5. The summed E-state index contributed by atoms with van der Waals surface area (Å²) in [4.78, 5) is 33.6. The number of amides is 1. The second-order valence-electron chi connectivity index (χ2n) is 9.17. The summed E-state index contributed by atoms with van der Waals surface area (Å²) in [6.45, 7) is 4.55. The van der Waals surface area contributed by atoms with Crippen molar-refractivity contribution >= 4 is 16.8 Å². The molecule has 1 amide bonds. The van der Waals surface area contributed by atoms with Gasteiger partial charge >= 0.3 is 0 Å². The van der Waals surface area contributed by atoms with Gasteiger partial charge in [0.1, 0.15) is 11.6 Å². The highest BCUT2D eigenvalue weighted by atomic mass is 16.5. The predicted molar refractivity (Wildman–Crippen MR) is 136 cm³/mol. The maximum atomic E-state index is 13.7. The zero-order chi connectivity index (χ0) is 24.1. The lowest BCUT2D eigenvalue weighted by Gasteiger charge is -2.29. The number of hydrogen-bond donors (Lipinski definition) is 0. The number of nitrogens with zero attached hydrogens (tertiary/aromatic N) is 3. The smallest absolute Gasteiger partial charge is 0.266 e. The first kappa shape index (κ1) is 24.0. The molecule has 3 aromatic rings. The maximum Gasteiger partial charge on any atom is 0.266 e. The van der Waals surface area contributed by atoms with Gasteiger partial charge in [0.15, 0.2) is 0 Å². The van der Waals surface area contributed by atoms with Gasteiger partial charge in [-0.1, -0.05) is 44.7 Å². The zero-order valence-electron chi connectivity index (χ0n) is 20.5. The van der Waals surface area contributed by atoms with Gasteiger partial charge in [-0.3, -0.25) is 14.2 Å². The summed E-state index contributed by atoms with van der Waals surface area (Å²) in [5, 5.41) is 0.560. The Morgan fingerprint density at radius 2 is 1.82 bits per heavy atom. The Kier molecular flexibility index (Phi) is 7.66. The van der Waals surface area contributed by atoms with Gasteiger partial charge in [0.2, 0.25) is 5.91 Å². The molecule has 0 spiro atoms. The third-order valence-corrected chi connectivity index (χ3v) is 6.99. The van der Waals surface area contributed by atoms with E-state index in [1.54, 1.807) is 15.5 Å². The summed E-state index contributed by atoms with van der Waals surface area (Å²) in [7, 11) is 1.84. The molecule has 1 atom stereocenters. The molecule has 6 nitrogen and oxygen atoms in total. The highest BCUT2D eigenvalue weighted by Crippen LogP contribution is 2.30. The van der Waals surface area contributed by atoms with Crippen LogP contribution in [0.5, 0.6) is 5.75 Å². The number of carbonyl (C=O) groups excluding carboxylic acids is 1. The molecular formula is C28H35N3O3. The van der Waals surface area contributed by atoms with Gasteiger partial charge in [-0.05, 0) is 62.1 Å². The number of ether oxygens (including phenoxy) is 1. The molecule has 6 heteroatoms. The third kappa shape index (κ3) is 5.01. The quantitative estimate of drug-likeness (QED) is 0.412. The molecule has 1 saturated carbocycles. The van der Waals surface area contributed by atoms with Crippen molar-refractivity contribution in [3.63, 3.8) is 0 Å². The van der Waals surface area contributed by atoms with Crippen LogP contribution in [0.4, 0.5) is 0 Å². The first-order valence-electron chi connectivity index (χ1n) is 12.5. The molecule has 0 bridgehead atoms. The number of carbonyl (C=O) groups is 1. The highest BCUT2D eigenvalue weighted by molar-refractivity contribution is 5.79. The van der Waals surface area contributed by atoms with E-state index in [2.05, 4.69) is 0 Å². The van der Waals surface area contributed by atoms with Gasteiger partial charge in [0, 0.05) is 13.5 Å². The molecule has 1 fully saturated rings. The molecular weight excluding hydrogens is 426 g/mol. The lowest BCUT2D eigenvalue weighted by Crippen LogP contribution is -2.36. The van der Waals surface area contributed by atoms with Crippen LogP contribution in [0.1, 0.15) is 70.7 Å². The van der Waals surface area contributed by atoms with E-state index in [1.165, 1.54) is 25.7 Å². The molecule has 0 N–H and O–H groups in total. The molecule has 0 aliphatic heterocycles. The third-order valence-electron chi connectivity index (χ3n) is 6.99. The van der Waals surface area contributed by atoms with Gasteiger partial charge in [-0.25, -0.2) is 4.98 Å². The Morgan fingerprint density at radius 1 is 1.12 bits per heavy atom. The van der Waals surface area contributed by atoms with Crippen molar-refractivity contribution in [2.75, 3.05) is 13.7 Å². The van der Waals surface area contributed by atoms with Gasteiger partial charge in [-0.2, -0.15) is 0 Å². The fourth-order valence-corrected chi connectivity index (χ4v) is 5.09. The fourth-order valence-electron chi connectivity index (χ4n) is 5.09. The van der Waals surface area contributed by atoms with Gasteiger partial charge < -0.3 is 9.64 Å². The summed E-state index contributed by atoms with van der Waals surface area (Å²) in [5.41, 5.74) is 1.23. The van der Waals surface area contributed by atoms with Gasteiger partial charge in [-0.15, -0.1) is 0 Å². The molecule has 1 aliphatic carbocycles. The summed E-state index contributed by atoms with van der Waals surface area (Å²) in [6, 6.07) is 14.6. The van der Waals surface area contributed by atoms with Crippen molar-refractivity contribution in [2.24, 2.45) is 5.92 Å². The Labute approximate surface area is 201 Å². The second-order valence-corrected chi connectivity index (χ2v) is 9.17. The van der Waals surface area contributed by atoms with Crippen molar-refractivity contribution in [1.29, 1.82) is 0 Å². The summed E-state index contributed by atoms with van der Waals surface area (Å²) < 4.78 is 7.24. The number of benzene rings is 2. The predicted octanol–water partition coefficient (Wildman–Crippen LogP) is 5.66. The van der Waals surface area contributed by atoms with Crippen LogP contribution in [0.2, 0.25) is 0 Å². The molecule has 34 heavy (non-hydrogen) atoms. The molecule has 1 aliphatic rings. The normalized spacial score (nSPS) is 14.9. The lowest BCUT2D eigenvalue weighted by atomic mass is 10.0. The summed E-state index contributed by atoms with van der Waals surface area (Å²) in [5.74, 6) is 2.12. The number of rotatable bonds is 9. The van der Waals surface area contributed by atoms with E-state index in [9.17, 15) is 9.59 Å². The number of hydrogen-bond acceptors (Lipinski definition) is 4. The average Bonchev–Trinajstić information content (AvgIpc) is 3.38. The van der Waals surface area contributed by atoms with Crippen LogP contribution in [0.3, 0.4) is 0 Å². The van der Waals surface area contributed by atoms with Crippen LogP contribution in [0, 0.1) is 5.92 Å². The summed E-state index contributed by atoms with van der Waals surface area (Å²) >= 11 is 0. The first-order valence-corrected chi connectivity index (χ1v) is 12.5. The highest BCUT2D eigenvalue weighted by Gasteiger charge is 2.27. The minimum absolute atomic E-state index is 0.111. The van der Waals surface area contributed by atoms with E-state index in [0.29, 0.717) is 47.8 Å². The van der Waals surface area contributed by atoms with E-state index >= 15 is 0 Å². The van der Waals surface area contributed by atoms with Gasteiger partial charge in [0.05, 0.1) is 29.2 Å². The Balaban J connectivity index is 1.73. The van der Waals surface area contributed by atoms with Crippen molar-refractivity contribution in [3.8, 4) is 11.4 Å². The van der Waals surface area contributed by atoms with E-state index < -0.39 is 0 Å². The van der Waals surface area contributed by atoms with E-state index in [4.69, 9.17) is 9.72 Å². The lowest BCUT2D eigenvalue weighted by molar-refractivity contribution is -0.132. The largest absolute Gasteiger partial charge is 0.494 e. The van der Waals surface area contributed by atoms with Crippen LogP contribution < -0.4 is 10.3 Å². The molecule has 1 heterocycles. The van der Waals surface area contributed by atoms with Crippen molar-refractivity contribution in [2.45, 2.75) is 64.8 Å². The minimum atomic E-state index is -0.306. The van der Waals surface area contributed by atoms with Crippen LogP contribution in [0.15, 0.2) is 53.3 Å². The van der Waals surface area contributed by atoms with Crippen molar-refractivity contribution in [1.82, 2.24) is 14.5 Å². The summed E-state index contributed by atoms with van der Waals surface area (Å²) in [6.07, 6.45) is 7.17. The van der Waals surface area contributed by atoms with Crippen LogP contribution >= 0.6 is 0 Å². The second kappa shape index (κ2) is 10.9. The topological polar surface area (TPSA) is 64.4 Å². The van der Waals surface area contributed by atoms with Crippen molar-refractivity contribution < 1.29 is 9.53 Å². The molecule has 4 rings (SSSR count). The van der Waals surface area contributed by atoms with Crippen LogP contribution in [0.25, 0.3) is 16.6 Å². The fraction of sp³-hybridized carbons (Fsp3) is 0.464. The maximum absolute atomic E-state index is 13.7. The molecule has 2 aromatic carbocycles. The Bertz CT molecular complexity index is 1180. The van der Waals surface area contributed by atoms with E-state index in [-0.39, 0.29) is 17.5 Å². The number of para-hydroxylation sites is 1. The molecule has 0 radical (unpaired) electrons. The molecule has 180 valence electrons. The molecule has 1 unspecified atom stereocenters. The van der Waals surface area contributed by atoms with Gasteiger partial charge in [0.25, 0.3) is 5.56 Å². The SMILES string of the molecule is CCOc1ccc(-n2c(C(CC)N(C)C(=O)CCC3CCCC3)nc3ccccc3c2=O)cc1. The van der Waals surface area contributed by atoms with Crippen LogP contribution in [-0.2, 0) is 4.79 Å². The average molecular weight is 462 g/mol. The van der Waals surface area contributed by atoms with E-state index in [1.807, 2.05) is 63.4 Å². The Morgan fingerprint density at radius 3 is 2.50 bits per heavy atom. The standard InChI is InChI=1S/C28H35N3O3/c1-4-25(30(3)26(32)19-14-20-10-6-7-11-20)27-29-24-13-9-8-12-23(24)28(33)31(27)21-15-17-22(18-16-21)34-5-2/h8-9,12-13,15-18,20,25H,4-7,10-11,14,19H2,1-3H3. The molecule has 1 aromatic heterocycles. The monoisotopic (exact) mass is 461 g/mol. The Hall–Kier alpha value is -3.15. The van der Waals surface area contributed by atoms with E-state index in [0.717, 1.165) is 12.2 Å².